The van der Waals surface area contributed by atoms with Crippen LogP contribution >= 0.6 is 0 Å². The highest BCUT2D eigenvalue weighted by atomic mass is 16.5. The Bertz CT molecular complexity index is 579. The second-order valence-electron chi connectivity index (χ2n) is 3.86. The number of hydrogen-bond acceptors (Lipinski definition) is 4. The summed E-state index contributed by atoms with van der Waals surface area (Å²) in [6, 6.07) is 6.58. The molecular formula is C13H13N3O3. The smallest absolute Gasteiger partial charge is 0.337 e. The minimum absolute atomic E-state index is 0.169. The van der Waals surface area contributed by atoms with Crippen LogP contribution in [0.15, 0.2) is 43.0 Å². The molecule has 0 spiro atoms. The fraction of sp³-hybridized carbons (Fsp3) is 0.154. The van der Waals surface area contributed by atoms with Crippen molar-refractivity contribution >= 4 is 17.6 Å². The molecule has 6 heteroatoms. The Kier molecular flexibility index (Phi) is 3.92. The van der Waals surface area contributed by atoms with Crippen molar-refractivity contribution in [2.24, 2.45) is 0 Å². The number of carbonyl (C=O) groups excluding carboxylic acids is 2. The van der Waals surface area contributed by atoms with Gasteiger partial charge in [-0.2, -0.15) is 0 Å². The van der Waals surface area contributed by atoms with Crippen LogP contribution in [0.1, 0.15) is 10.4 Å². The van der Waals surface area contributed by atoms with Gasteiger partial charge in [0.15, 0.2) is 0 Å². The van der Waals surface area contributed by atoms with Crippen LogP contribution in [0.3, 0.4) is 0 Å². The first-order chi connectivity index (χ1) is 9.19. The minimum Gasteiger partial charge on any atom is -0.465 e. The molecule has 0 atom stereocenters. The van der Waals surface area contributed by atoms with E-state index in [0.717, 1.165) is 0 Å². The molecule has 1 N–H and O–H groups in total. The van der Waals surface area contributed by atoms with Crippen LogP contribution in [0, 0.1) is 0 Å². The molecule has 2 aromatic rings. The number of aromatic nitrogens is 2. The lowest BCUT2D eigenvalue weighted by Gasteiger charge is -2.07. The Morgan fingerprint density at radius 3 is 2.95 bits per heavy atom. The van der Waals surface area contributed by atoms with Crippen LogP contribution in [0.4, 0.5) is 5.69 Å². The Balaban J connectivity index is 2.02. The SMILES string of the molecule is COC(=O)c1cccc(NC(=O)Cn2ccnc2)c1. The number of nitrogens with zero attached hydrogens (tertiary/aromatic N) is 2. The summed E-state index contributed by atoms with van der Waals surface area (Å²) in [7, 11) is 1.31. The van der Waals surface area contributed by atoms with E-state index in [-0.39, 0.29) is 12.5 Å². The molecule has 0 radical (unpaired) electrons. The number of rotatable bonds is 4. The minimum atomic E-state index is -0.439. The highest BCUT2D eigenvalue weighted by Crippen LogP contribution is 2.11. The van der Waals surface area contributed by atoms with Crippen LogP contribution in [-0.4, -0.2) is 28.5 Å². The van der Waals surface area contributed by atoms with Crippen molar-refractivity contribution < 1.29 is 14.3 Å². The molecule has 0 bridgehead atoms. The van der Waals surface area contributed by atoms with Gasteiger partial charge in [-0.15, -0.1) is 0 Å². The van der Waals surface area contributed by atoms with E-state index in [1.807, 2.05) is 0 Å². The van der Waals surface area contributed by atoms with E-state index in [4.69, 9.17) is 0 Å². The van der Waals surface area contributed by atoms with Gasteiger partial charge < -0.3 is 14.6 Å². The van der Waals surface area contributed by atoms with Gasteiger partial charge in [0.05, 0.1) is 19.0 Å². The number of anilines is 1. The topological polar surface area (TPSA) is 73.2 Å². The Morgan fingerprint density at radius 1 is 1.42 bits per heavy atom. The van der Waals surface area contributed by atoms with Crippen molar-refractivity contribution in [3.05, 3.63) is 48.5 Å². The summed E-state index contributed by atoms with van der Waals surface area (Å²) < 4.78 is 6.27. The Labute approximate surface area is 110 Å². The van der Waals surface area contributed by atoms with E-state index >= 15 is 0 Å². The molecule has 2 rings (SSSR count). The molecule has 19 heavy (non-hydrogen) atoms. The van der Waals surface area contributed by atoms with Crippen molar-refractivity contribution in [2.75, 3.05) is 12.4 Å². The fourth-order valence-corrected chi connectivity index (χ4v) is 1.59. The zero-order valence-electron chi connectivity index (χ0n) is 10.4. The summed E-state index contributed by atoms with van der Waals surface area (Å²) in [4.78, 5) is 27.0. The number of esters is 1. The third kappa shape index (κ3) is 3.41. The fourth-order valence-electron chi connectivity index (χ4n) is 1.59. The predicted octanol–water partition coefficient (Wildman–Crippen LogP) is 1.31. The lowest BCUT2D eigenvalue weighted by Crippen LogP contribution is -2.18. The zero-order valence-corrected chi connectivity index (χ0v) is 10.4. The maximum Gasteiger partial charge on any atom is 0.337 e. The van der Waals surface area contributed by atoms with Gasteiger partial charge in [-0.1, -0.05) is 6.07 Å². The van der Waals surface area contributed by atoms with Gasteiger partial charge in [-0.05, 0) is 18.2 Å². The number of methoxy groups -OCH3 is 1. The van der Waals surface area contributed by atoms with E-state index in [9.17, 15) is 9.59 Å². The summed E-state index contributed by atoms with van der Waals surface area (Å²) in [6.07, 6.45) is 4.86. The number of imidazole rings is 1. The monoisotopic (exact) mass is 259 g/mol. The second kappa shape index (κ2) is 5.81. The summed E-state index contributed by atoms with van der Waals surface area (Å²) in [5.41, 5.74) is 0.941. The van der Waals surface area contributed by atoms with E-state index in [1.54, 1.807) is 47.6 Å². The first-order valence-electron chi connectivity index (χ1n) is 5.63. The van der Waals surface area contributed by atoms with Gasteiger partial charge in [-0.3, -0.25) is 4.79 Å². The first-order valence-corrected chi connectivity index (χ1v) is 5.63. The van der Waals surface area contributed by atoms with E-state index in [1.165, 1.54) is 7.11 Å². The zero-order chi connectivity index (χ0) is 13.7. The van der Waals surface area contributed by atoms with Crippen molar-refractivity contribution in [2.45, 2.75) is 6.54 Å². The maximum atomic E-state index is 11.8. The van der Waals surface area contributed by atoms with Gasteiger partial charge >= 0.3 is 5.97 Å². The van der Waals surface area contributed by atoms with E-state index < -0.39 is 5.97 Å². The number of nitrogens with one attached hydrogen (secondary N) is 1. The third-order valence-electron chi connectivity index (χ3n) is 2.45. The number of hydrogen-bond donors (Lipinski definition) is 1. The molecule has 0 aliphatic rings. The number of amides is 1. The first kappa shape index (κ1) is 12.8. The molecule has 1 amide bonds. The van der Waals surface area contributed by atoms with Crippen LogP contribution in [-0.2, 0) is 16.1 Å². The van der Waals surface area contributed by atoms with E-state index in [2.05, 4.69) is 15.0 Å². The van der Waals surface area contributed by atoms with Gasteiger partial charge in [0.1, 0.15) is 6.54 Å². The molecule has 0 unspecified atom stereocenters. The molecule has 1 heterocycles. The van der Waals surface area contributed by atoms with Crippen molar-refractivity contribution in [1.29, 1.82) is 0 Å². The molecule has 0 saturated heterocycles. The molecule has 0 aliphatic carbocycles. The van der Waals surface area contributed by atoms with Crippen LogP contribution in [0.25, 0.3) is 0 Å². The quantitative estimate of drug-likeness (QED) is 0.840. The lowest BCUT2D eigenvalue weighted by molar-refractivity contribution is -0.116. The number of benzene rings is 1. The molecular weight excluding hydrogens is 246 g/mol. The van der Waals surface area contributed by atoms with Crippen LogP contribution in [0.5, 0.6) is 0 Å². The summed E-state index contributed by atoms with van der Waals surface area (Å²) in [6.45, 7) is 0.169. The third-order valence-corrected chi connectivity index (χ3v) is 2.45. The van der Waals surface area contributed by atoms with Crippen molar-refractivity contribution in [1.82, 2.24) is 9.55 Å². The summed E-state index contributed by atoms with van der Waals surface area (Å²) >= 11 is 0. The largest absolute Gasteiger partial charge is 0.465 e. The van der Waals surface area contributed by atoms with Crippen molar-refractivity contribution in [3.8, 4) is 0 Å². The molecule has 1 aromatic carbocycles. The lowest BCUT2D eigenvalue weighted by atomic mass is 10.2. The van der Waals surface area contributed by atoms with Gasteiger partial charge in [0.2, 0.25) is 5.91 Å². The number of ether oxygens (including phenoxy) is 1. The predicted molar refractivity (Wildman–Crippen MR) is 68.6 cm³/mol. The summed E-state index contributed by atoms with van der Waals surface area (Å²) in [5.74, 6) is -0.634. The average Bonchev–Trinajstić information content (AvgIpc) is 2.90. The highest BCUT2D eigenvalue weighted by Gasteiger charge is 2.07. The highest BCUT2D eigenvalue weighted by molar-refractivity contribution is 5.94. The molecule has 6 nitrogen and oxygen atoms in total. The normalized spacial score (nSPS) is 9.95. The second-order valence-corrected chi connectivity index (χ2v) is 3.86. The standard InChI is InChI=1S/C13H13N3O3/c1-19-13(18)10-3-2-4-11(7-10)15-12(17)8-16-6-5-14-9-16/h2-7,9H,8H2,1H3,(H,15,17). The molecule has 1 aromatic heterocycles. The average molecular weight is 259 g/mol. The van der Waals surface area contributed by atoms with Crippen molar-refractivity contribution in [3.63, 3.8) is 0 Å². The Morgan fingerprint density at radius 2 is 2.26 bits per heavy atom. The van der Waals surface area contributed by atoms with Crippen LogP contribution < -0.4 is 5.32 Å². The molecule has 0 fully saturated rings. The van der Waals surface area contributed by atoms with E-state index in [0.29, 0.717) is 11.3 Å². The van der Waals surface area contributed by atoms with Crippen LogP contribution in [0.2, 0.25) is 0 Å². The van der Waals surface area contributed by atoms with Gasteiger partial charge in [0, 0.05) is 18.1 Å². The molecule has 0 saturated carbocycles. The Hall–Kier alpha value is -2.63. The summed E-state index contributed by atoms with van der Waals surface area (Å²) in [5, 5.41) is 2.70. The van der Waals surface area contributed by atoms with Gasteiger partial charge in [0.25, 0.3) is 0 Å². The molecule has 0 aliphatic heterocycles. The number of carbonyl (C=O) groups is 2. The van der Waals surface area contributed by atoms with Gasteiger partial charge in [-0.25, -0.2) is 9.78 Å². The maximum absolute atomic E-state index is 11.8. The molecule has 98 valence electrons.